The Hall–Kier alpha value is -2.19. The summed E-state index contributed by atoms with van der Waals surface area (Å²) in [5, 5.41) is 9.46. The fourth-order valence-corrected chi connectivity index (χ4v) is 6.91. The van der Waals surface area contributed by atoms with Gasteiger partial charge in [-0.1, -0.05) is 19.3 Å². The lowest BCUT2D eigenvalue weighted by molar-refractivity contribution is 0.0565. The van der Waals surface area contributed by atoms with Gasteiger partial charge in [0.25, 0.3) is 0 Å². The first-order valence-corrected chi connectivity index (χ1v) is 12.3. The van der Waals surface area contributed by atoms with Crippen LogP contribution >= 0.6 is 0 Å². The van der Waals surface area contributed by atoms with Crippen LogP contribution in [0.3, 0.4) is 0 Å². The van der Waals surface area contributed by atoms with Gasteiger partial charge in [0.1, 0.15) is 17.1 Å². The lowest BCUT2D eigenvalue weighted by Crippen LogP contribution is -2.44. The molecular weight excluding hydrogens is 382 g/mol. The summed E-state index contributed by atoms with van der Waals surface area (Å²) in [6.07, 6.45) is 16.4. The maximum atomic E-state index is 9.46. The molecule has 0 bridgehead atoms. The molecule has 31 heavy (non-hydrogen) atoms. The molecule has 1 atom stereocenters. The first-order valence-electron chi connectivity index (χ1n) is 12.3. The Balaban J connectivity index is 1.18. The molecule has 2 saturated heterocycles. The number of hydrogen-bond donors (Lipinski definition) is 0. The fraction of sp³-hybridized carbons (Fsp3) is 0.654. The second-order valence-electron chi connectivity index (χ2n) is 10.8. The second kappa shape index (κ2) is 7.45. The van der Waals surface area contributed by atoms with Crippen molar-refractivity contribution in [3.05, 3.63) is 30.1 Å². The predicted molar refractivity (Wildman–Crippen MR) is 123 cm³/mol. The molecule has 2 spiro atoms. The number of piperidine rings is 1. The Bertz CT molecular complexity index is 1000. The third-order valence-corrected chi connectivity index (χ3v) is 9.08. The molecule has 1 aromatic heterocycles. The molecule has 2 saturated carbocycles. The van der Waals surface area contributed by atoms with Crippen LogP contribution in [0, 0.1) is 28.1 Å². The Morgan fingerprint density at radius 1 is 0.935 bits per heavy atom. The van der Waals surface area contributed by atoms with Crippen molar-refractivity contribution < 1.29 is 0 Å². The molecule has 0 radical (unpaired) electrons. The number of likely N-dealkylation sites (tertiary alicyclic amines) is 1. The summed E-state index contributed by atoms with van der Waals surface area (Å²) >= 11 is 0. The Morgan fingerprint density at radius 3 is 2.39 bits per heavy atom. The highest BCUT2D eigenvalue weighted by Crippen LogP contribution is 2.57. The molecule has 6 rings (SSSR count). The van der Waals surface area contributed by atoms with Crippen LogP contribution < -0.4 is 4.90 Å². The summed E-state index contributed by atoms with van der Waals surface area (Å²) in [5.74, 6) is 0.746. The van der Waals surface area contributed by atoms with Crippen molar-refractivity contribution in [1.29, 1.82) is 5.26 Å². The van der Waals surface area contributed by atoms with E-state index in [0.717, 1.165) is 35.7 Å². The first kappa shape index (κ1) is 19.5. The third kappa shape index (κ3) is 3.40. The number of anilines is 1. The van der Waals surface area contributed by atoms with E-state index >= 15 is 0 Å². The van der Waals surface area contributed by atoms with Crippen molar-refractivity contribution in [1.82, 2.24) is 14.9 Å². The normalized spacial score (nSPS) is 27.1. The minimum absolute atomic E-state index is 0.502. The van der Waals surface area contributed by atoms with E-state index in [1.165, 1.54) is 77.4 Å². The van der Waals surface area contributed by atoms with E-state index < -0.39 is 0 Å². The monoisotopic (exact) mass is 415 g/mol. The van der Waals surface area contributed by atoms with Gasteiger partial charge in [-0.3, -0.25) is 9.97 Å². The summed E-state index contributed by atoms with van der Waals surface area (Å²) < 4.78 is 0. The zero-order valence-electron chi connectivity index (χ0n) is 18.5. The first-order chi connectivity index (χ1) is 15.2. The SMILES string of the molecule is N#Cc1ccc(N2CC(CN3CCC4(CCCCC4)CC3)C3(CC3)C2)c2nccnc12. The van der Waals surface area contributed by atoms with Gasteiger partial charge in [0.2, 0.25) is 0 Å². The van der Waals surface area contributed by atoms with Crippen LogP contribution in [0.4, 0.5) is 5.69 Å². The highest BCUT2D eigenvalue weighted by molar-refractivity contribution is 5.92. The van der Waals surface area contributed by atoms with Crippen LogP contribution in [-0.2, 0) is 0 Å². The zero-order chi connectivity index (χ0) is 20.9. The molecule has 4 fully saturated rings. The lowest BCUT2D eigenvalue weighted by Gasteiger charge is -2.45. The molecule has 2 aliphatic heterocycles. The molecule has 1 unspecified atom stereocenters. The van der Waals surface area contributed by atoms with Gasteiger partial charge < -0.3 is 9.80 Å². The summed E-state index contributed by atoms with van der Waals surface area (Å²) in [4.78, 5) is 14.4. The van der Waals surface area contributed by atoms with E-state index in [0.29, 0.717) is 16.4 Å². The van der Waals surface area contributed by atoms with E-state index in [1.54, 1.807) is 12.4 Å². The van der Waals surface area contributed by atoms with Crippen molar-refractivity contribution in [2.24, 2.45) is 16.7 Å². The van der Waals surface area contributed by atoms with Gasteiger partial charge >= 0.3 is 0 Å². The molecule has 5 nitrogen and oxygen atoms in total. The second-order valence-corrected chi connectivity index (χ2v) is 10.8. The largest absolute Gasteiger partial charge is 0.369 e. The quantitative estimate of drug-likeness (QED) is 0.723. The van der Waals surface area contributed by atoms with Crippen molar-refractivity contribution in [3.63, 3.8) is 0 Å². The Labute approximate surface area is 185 Å². The van der Waals surface area contributed by atoms with Crippen LogP contribution in [-0.4, -0.2) is 47.6 Å². The molecule has 0 amide bonds. The van der Waals surface area contributed by atoms with Crippen molar-refractivity contribution in [2.75, 3.05) is 37.6 Å². The van der Waals surface area contributed by atoms with Crippen molar-refractivity contribution >= 4 is 16.7 Å². The molecule has 4 aliphatic rings. The lowest BCUT2D eigenvalue weighted by atomic mass is 9.68. The van der Waals surface area contributed by atoms with Gasteiger partial charge in [-0.2, -0.15) is 5.26 Å². The summed E-state index contributed by atoms with van der Waals surface area (Å²) in [7, 11) is 0. The van der Waals surface area contributed by atoms with Crippen LogP contribution in [0.15, 0.2) is 24.5 Å². The number of aromatic nitrogens is 2. The van der Waals surface area contributed by atoms with Crippen molar-refractivity contribution in [3.8, 4) is 6.07 Å². The number of fused-ring (bicyclic) bond motifs is 1. The average Bonchev–Trinajstić information content (AvgIpc) is 3.51. The van der Waals surface area contributed by atoms with Crippen LogP contribution in [0.2, 0.25) is 0 Å². The fourth-order valence-electron chi connectivity index (χ4n) is 6.91. The highest BCUT2D eigenvalue weighted by atomic mass is 15.2. The van der Waals surface area contributed by atoms with Gasteiger partial charge in [0.05, 0.1) is 11.3 Å². The average molecular weight is 416 g/mol. The Morgan fingerprint density at radius 2 is 1.68 bits per heavy atom. The van der Waals surface area contributed by atoms with Crippen LogP contribution in [0.1, 0.15) is 63.4 Å². The molecular formula is C26H33N5. The minimum atomic E-state index is 0.502. The number of rotatable bonds is 3. The third-order valence-electron chi connectivity index (χ3n) is 9.08. The molecule has 5 heteroatoms. The minimum Gasteiger partial charge on any atom is -0.369 e. The zero-order valence-corrected chi connectivity index (χ0v) is 18.5. The molecule has 3 heterocycles. The van der Waals surface area contributed by atoms with E-state index in [9.17, 15) is 5.26 Å². The molecule has 0 N–H and O–H groups in total. The van der Waals surface area contributed by atoms with Crippen LogP contribution in [0.5, 0.6) is 0 Å². The van der Waals surface area contributed by atoms with E-state index in [2.05, 4.69) is 31.9 Å². The highest BCUT2D eigenvalue weighted by Gasteiger charge is 2.55. The van der Waals surface area contributed by atoms with Gasteiger partial charge in [0.15, 0.2) is 0 Å². The smallest absolute Gasteiger partial charge is 0.113 e. The van der Waals surface area contributed by atoms with E-state index in [1.807, 2.05) is 6.07 Å². The number of hydrogen-bond acceptors (Lipinski definition) is 5. The van der Waals surface area contributed by atoms with Gasteiger partial charge in [-0.15, -0.1) is 0 Å². The Kier molecular flexibility index (Phi) is 4.68. The maximum absolute atomic E-state index is 9.46. The summed E-state index contributed by atoms with van der Waals surface area (Å²) in [6.45, 7) is 6.11. The number of benzene rings is 1. The maximum Gasteiger partial charge on any atom is 0.113 e. The number of nitrogens with zero attached hydrogens (tertiary/aromatic N) is 5. The molecule has 2 aromatic rings. The van der Waals surface area contributed by atoms with Crippen molar-refractivity contribution in [2.45, 2.75) is 57.8 Å². The van der Waals surface area contributed by atoms with Gasteiger partial charge in [-0.25, -0.2) is 0 Å². The summed E-state index contributed by atoms with van der Waals surface area (Å²) in [6, 6.07) is 6.30. The van der Waals surface area contributed by atoms with E-state index in [4.69, 9.17) is 0 Å². The predicted octanol–water partition coefficient (Wildman–Crippen LogP) is 4.76. The summed E-state index contributed by atoms with van der Waals surface area (Å²) in [5.41, 5.74) is 4.60. The molecule has 2 aliphatic carbocycles. The van der Waals surface area contributed by atoms with Crippen LogP contribution in [0.25, 0.3) is 11.0 Å². The molecule has 1 aromatic carbocycles. The van der Waals surface area contributed by atoms with Gasteiger partial charge in [0, 0.05) is 32.0 Å². The standard InChI is InChI=1S/C26H33N5/c27-16-20-4-5-22(24-23(20)28-12-13-29-24)31-18-21(26(19-31)8-9-26)17-30-14-10-25(11-15-30)6-2-1-3-7-25/h4-5,12-13,21H,1-3,6-11,14-15,17-19H2. The topological polar surface area (TPSA) is 56.1 Å². The number of nitriles is 1. The van der Waals surface area contributed by atoms with E-state index in [-0.39, 0.29) is 0 Å². The van der Waals surface area contributed by atoms with Gasteiger partial charge in [-0.05, 0) is 80.5 Å². The molecule has 162 valence electrons.